The van der Waals surface area contributed by atoms with Gasteiger partial charge in [-0.2, -0.15) is 4.39 Å². The molecule has 0 aliphatic heterocycles. The van der Waals surface area contributed by atoms with Crippen LogP contribution >= 0.6 is 0 Å². The van der Waals surface area contributed by atoms with E-state index in [2.05, 4.69) is 96.1 Å². The summed E-state index contributed by atoms with van der Waals surface area (Å²) < 4.78 is 13.9. The fourth-order valence-electron chi connectivity index (χ4n) is 12.6. The first-order chi connectivity index (χ1) is 25.3. The molecule has 2 aromatic rings. The zero-order valence-corrected chi connectivity index (χ0v) is 33.1. The molecule has 4 fully saturated rings. The number of terminal acetylenes is 3. The molecule has 8 atom stereocenters. The molecule has 5 heteroatoms. The Labute approximate surface area is 320 Å². The number of nitrogens with one attached hydrogen (secondary N) is 1. The van der Waals surface area contributed by atoms with Crippen LogP contribution in [-0.2, 0) is 6.54 Å². The van der Waals surface area contributed by atoms with Crippen LogP contribution in [0.1, 0.15) is 127 Å². The molecule has 4 nitrogen and oxygen atoms in total. The van der Waals surface area contributed by atoms with Gasteiger partial charge in [0, 0.05) is 18.3 Å². The van der Waals surface area contributed by atoms with Gasteiger partial charge in [0.2, 0.25) is 5.95 Å². The summed E-state index contributed by atoms with van der Waals surface area (Å²) in [6.07, 6.45) is 42.5. The van der Waals surface area contributed by atoms with Gasteiger partial charge in [-0.25, -0.2) is 9.78 Å². The average Bonchev–Trinajstić information content (AvgIpc) is 3.58. The van der Waals surface area contributed by atoms with Crippen molar-refractivity contribution in [2.24, 2.45) is 45.3 Å². The van der Waals surface area contributed by atoms with Crippen LogP contribution in [0.25, 0.3) is 5.57 Å². The fourth-order valence-corrected chi connectivity index (χ4v) is 12.6. The molecule has 7 rings (SSSR count). The van der Waals surface area contributed by atoms with Gasteiger partial charge < -0.3 is 10.4 Å². The minimum Gasteiger partial charge on any atom is -0.478 e. The van der Waals surface area contributed by atoms with Crippen molar-refractivity contribution in [3.05, 3.63) is 84.0 Å². The van der Waals surface area contributed by atoms with Gasteiger partial charge in [-0.3, -0.25) is 0 Å². The lowest BCUT2D eigenvalue weighted by Crippen LogP contribution is -2.67. The van der Waals surface area contributed by atoms with Crippen molar-refractivity contribution in [3.8, 4) is 38.5 Å². The first-order valence-corrected chi connectivity index (χ1v) is 19.2. The molecule has 0 saturated heterocycles. The van der Waals surface area contributed by atoms with Gasteiger partial charge >= 0.3 is 5.97 Å². The molecule has 0 radical (unpaired) electrons. The van der Waals surface area contributed by atoms with Crippen LogP contribution < -0.4 is 5.32 Å². The van der Waals surface area contributed by atoms with E-state index in [-0.39, 0.29) is 22.3 Å². The number of halogens is 1. The number of hydrogen-bond acceptors (Lipinski definition) is 3. The third-order valence-corrected chi connectivity index (χ3v) is 14.8. The molecule has 0 bridgehead atoms. The maximum Gasteiger partial charge on any atom is 0.335 e. The van der Waals surface area contributed by atoms with Crippen molar-refractivity contribution in [1.82, 2.24) is 10.3 Å². The summed E-state index contributed by atoms with van der Waals surface area (Å²) in [6.45, 7) is 18.9. The van der Waals surface area contributed by atoms with E-state index in [4.69, 9.17) is 0 Å². The summed E-state index contributed by atoms with van der Waals surface area (Å²) in [5.74, 6) is 1.47. The summed E-state index contributed by atoms with van der Waals surface area (Å²) in [6, 6.07) is 11.1. The number of aromatic nitrogens is 1. The van der Waals surface area contributed by atoms with Crippen LogP contribution in [0.4, 0.5) is 4.39 Å². The highest BCUT2D eigenvalue weighted by Gasteiger charge is 2.69. The molecule has 0 spiro atoms. The lowest BCUT2D eigenvalue weighted by molar-refractivity contribution is -0.217. The smallest absolute Gasteiger partial charge is 0.335 e. The first-order valence-electron chi connectivity index (χ1n) is 19.2. The third kappa shape index (κ3) is 7.51. The summed E-state index contributed by atoms with van der Waals surface area (Å²) in [5, 5.41) is 13.5. The zero-order chi connectivity index (χ0) is 39.8. The van der Waals surface area contributed by atoms with Gasteiger partial charge in [0.1, 0.15) is 0 Å². The number of nitrogens with zero attached hydrogens (tertiary/aromatic N) is 1. The predicted molar refractivity (Wildman–Crippen MR) is 219 cm³/mol. The number of rotatable bonds is 5. The number of benzene rings is 1. The summed E-state index contributed by atoms with van der Waals surface area (Å²) in [7, 11) is 0. The van der Waals surface area contributed by atoms with Gasteiger partial charge in [0.05, 0.1) is 5.56 Å². The molecule has 53 heavy (non-hydrogen) atoms. The minimum absolute atomic E-state index is 0.0281. The molecular weight excluding hydrogens is 656 g/mol. The number of carboxylic acid groups (broad SMARTS) is 1. The van der Waals surface area contributed by atoms with E-state index in [0.717, 1.165) is 24.4 Å². The number of allylic oxidation sites excluding steroid dienone is 3. The van der Waals surface area contributed by atoms with Crippen molar-refractivity contribution < 1.29 is 14.3 Å². The molecule has 2 N–H and O–H groups in total. The molecule has 3 unspecified atom stereocenters. The zero-order valence-electron chi connectivity index (χ0n) is 33.1. The third-order valence-electron chi connectivity index (χ3n) is 14.8. The van der Waals surface area contributed by atoms with Gasteiger partial charge in [-0.15, -0.1) is 45.1 Å². The fraction of sp³-hybridized carbons (Fsp3) is 0.542. The van der Waals surface area contributed by atoms with Crippen molar-refractivity contribution in [3.63, 3.8) is 0 Å². The lowest BCUT2D eigenvalue weighted by Gasteiger charge is -2.72. The summed E-state index contributed by atoms with van der Waals surface area (Å²) in [4.78, 5) is 15.2. The average molecular weight is 719 g/mol. The topological polar surface area (TPSA) is 62.2 Å². The van der Waals surface area contributed by atoms with Gasteiger partial charge in [0.25, 0.3) is 0 Å². The van der Waals surface area contributed by atoms with E-state index >= 15 is 0 Å². The normalized spacial score (nSPS) is 34.1. The Morgan fingerprint density at radius 2 is 1.53 bits per heavy atom. The Bertz CT molecular complexity index is 1650. The van der Waals surface area contributed by atoms with Gasteiger partial charge in [-0.05, 0) is 151 Å². The predicted octanol–water partition coefficient (Wildman–Crippen LogP) is 11.3. The molecule has 5 aliphatic carbocycles. The van der Waals surface area contributed by atoms with Crippen LogP contribution in [0.15, 0.2) is 61.3 Å². The number of hydrogen-bond donors (Lipinski definition) is 2. The highest BCUT2D eigenvalue weighted by molar-refractivity contribution is 5.88. The molecule has 4 saturated carbocycles. The largest absolute Gasteiger partial charge is 0.478 e. The lowest BCUT2D eigenvalue weighted by atomic mass is 9.33. The van der Waals surface area contributed by atoms with Crippen LogP contribution in [0.2, 0.25) is 0 Å². The summed E-state index contributed by atoms with van der Waals surface area (Å²) >= 11 is 0. The Morgan fingerprint density at radius 1 is 0.887 bits per heavy atom. The number of pyridine rings is 1. The van der Waals surface area contributed by atoms with Crippen molar-refractivity contribution in [2.45, 2.75) is 118 Å². The number of carboxylic acids is 1. The van der Waals surface area contributed by atoms with Crippen molar-refractivity contribution >= 4 is 11.5 Å². The number of carbonyl (C=O) groups is 1. The summed E-state index contributed by atoms with van der Waals surface area (Å²) in [5.41, 5.74) is 5.02. The standard InChI is InChI=1S/C39H51FN2O2.C3H6.3C2H2/c1-35(2)28(26-8-10-27(11-9-26)34(43)44)14-18-36(3)31(35)15-19-38(5)32(36)13-12-29-30-7-6-17-39(30,21-20-37(29,38)4)42-24-25-16-22-41-33(40)23-25;1-3-2;3*1-2/h8-11,14,16,22-23,29-32,42H,6-7,12-13,15,17-21,24H2,1-5H3,(H,43,44);3H,1H2,2H3;3*1-2H/t29-,30?,31?,32?,36+,37-,38-,39+;;;;/m1..../s1. The van der Waals surface area contributed by atoms with Crippen LogP contribution in [0.5, 0.6) is 0 Å². The number of aromatic carboxylic acids is 1. The Kier molecular flexibility index (Phi) is 14.2. The SMILES string of the molecule is C#C.C#C.C#C.C=CC.CC1(C)C(c2ccc(C(=O)O)cc2)=CC[C@@]2(C)C1CC[C@]1(C)C2CC[C@@H]2C3CCC[C@]3(NCc3ccnc(F)c3)CC[C@]21C. The quantitative estimate of drug-likeness (QED) is 0.184. The van der Waals surface area contributed by atoms with Crippen LogP contribution in [0.3, 0.4) is 0 Å². The van der Waals surface area contributed by atoms with Gasteiger partial charge in [0.15, 0.2) is 0 Å². The van der Waals surface area contributed by atoms with Crippen LogP contribution in [-0.4, -0.2) is 21.6 Å². The van der Waals surface area contributed by atoms with Crippen molar-refractivity contribution in [2.75, 3.05) is 0 Å². The van der Waals surface area contributed by atoms with Crippen LogP contribution in [0, 0.1) is 89.8 Å². The van der Waals surface area contributed by atoms with E-state index in [1.54, 1.807) is 30.5 Å². The van der Waals surface area contributed by atoms with E-state index in [1.807, 2.05) is 25.1 Å². The Morgan fingerprint density at radius 3 is 2.13 bits per heavy atom. The maximum atomic E-state index is 13.9. The van der Waals surface area contributed by atoms with Gasteiger partial charge in [-0.1, -0.05) is 65.3 Å². The second kappa shape index (κ2) is 17.4. The number of fused-ring (bicyclic) bond motifs is 7. The highest BCUT2D eigenvalue weighted by atomic mass is 19.1. The second-order valence-electron chi connectivity index (χ2n) is 17.0. The van der Waals surface area contributed by atoms with E-state index in [0.29, 0.717) is 34.1 Å². The molecule has 1 aromatic heterocycles. The second-order valence-corrected chi connectivity index (χ2v) is 17.0. The van der Waals surface area contributed by atoms with Crippen molar-refractivity contribution in [1.29, 1.82) is 0 Å². The van der Waals surface area contributed by atoms with E-state index in [9.17, 15) is 14.3 Å². The minimum atomic E-state index is -0.867. The molecule has 1 heterocycles. The molecular formula is C48H63FN2O2. The monoisotopic (exact) mass is 718 g/mol. The Balaban J connectivity index is 0.000000777. The first kappa shape index (κ1) is 43.3. The highest BCUT2D eigenvalue weighted by Crippen LogP contribution is 2.76. The maximum absolute atomic E-state index is 13.9. The van der Waals surface area contributed by atoms with E-state index in [1.165, 1.54) is 68.9 Å². The molecule has 284 valence electrons. The van der Waals surface area contributed by atoms with E-state index < -0.39 is 5.97 Å². The molecule has 5 aliphatic rings. The Hall–Kier alpha value is -4.11. The molecule has 1 aromatic carbocycles. The molecule has 0 amide bonds.